The third-order valence-electron chi connectivity index (χ3n) is 7.14. The van der Waals surface area contributed by atoms with Gasteiger partial charge in [0.25, 0.3) is 0 Å². The summed E-state index contributed by atoms with van der Waals surface area (Å²) in [5, 5.41) is 3.40. The highest BCUT2D eigenvalue weighted by atomic mass is 35.5. The molecular weight excluding hydrogens is 348 g/mol. The standard InChI is InChI=1S/C20H27ClN4O/c21-20-11-14-8-15(12-20)10-19(9-14,13-20)17(26)24-16-2-6-25(7-3-16)18-22-4-1-5-23-18/h1,4-5,14-16H,2-3,6-13H2,(H,24,26). The van der Waals surface area contributed by atoms with E-state index in [0.29, 0.717) is 11.8 Å². The van der Waals surface area contributed by atoms with E-state index in [-0.39, 0.29) is 22.2 Å². The van der Waals surface area contributed by atoms with E-state index < -0.39 is 0 Å². The fourth-order valence-electron chi connectivity index (χ4n) is 6.43. The van der Waals surface area contributed by atoms with Gasteiger partial charge in [0.05, 0.1) is 5.41 Å². The quantitative estimate of drug-likeness (QED) is 0.826. The van der Waals surface area contributed by atoms with Gasteiger partial charge in [-0.2, -0.15) is 0 Å². The van der Waals surface area contributed by atoms with Crippen molar-refractivity contribution in [3.63, 3.8) is 0 Å². The van der Waals surface area contributed by atoms with Gasteiger partial charge >= 0.3 is 0 Å². The summed E-state index contributed by atoms with van der Waals surface area (Å²) in [6, 6.07) is 2.10. The van der Waals surface area contributed by atoms with Crippen LogP contribution in [0.4, 0.5) is 5.95 Å². The molecule has 1 aromatic heterocycles. The molecule has 5 nitrogen and oxygen atoms in total. The highest BCUT2D eigenvalue weighted by Crippen LogP contribution is 2.63. The van der Waals surface area contributed by atoms with Crippen LogP contribution in [0.25, 0.3) is 0 Å². The third kappa shape index (κ3) is 2.88. The molecule has 6 rings (SSSR count). The SMILES string of the molecule is O=C(NC1CCN(c2ncccn2)CC1)C12CC3CC(CC(Cl)(C3)C1)C2. The number of aromatic nitrogens is 2. The van der Waals surface area contributed by atoms with Gasteiger partial charge in [-0.15, -0.1) is 11.6 Å². The third-order valence-corrected chi connectivity index (χ3v) is 7.58. The molecule has 5 fully saturated rings. The van der Waals surface area contributed by atoms with Crippen LogP contribution in [0.5, 0.6) is 0 Å². The maximum atomic E-state index is 13.3. The predicted octanol–water partition coefficient (Wildman–Crippen LogP) is 3.14. The highest BCUT2D eigenvalue weighted by Gasteiger charge is 2.60. The first-order chi connectivity index (χ1) is 12.5. The molecule has 0 aromatic carbocycles. The molecule has 4 aliphatic carbocycles. The van der Waals surface area contributed by atoms with Crippen molar-refractivity contribution in [2.75, 3.05) is 18.0 Å². The van der Waals surface area contributed by atoms with Crippen molar-refractivity contribution in [3.8, 4) is 0 Å². The molecule has 140 valence electrons. The Kier molecular flexibility index (Phi) is 3.93. The molecule has 4 saturated carbocycles. The minimum absolute atomic E-state index is 0.102. The number of carbonyl (C=O) groups is 1. The van der Waals surface area contributed by atoms with Crippen molar-refractivity contribution in [2.45, 2.75) is 62.3 Å². The van der Waals surface area contributed by atoms with E-state index in [1.54, 1.807) is 12.4 Å². The van der Waals surface area contributed by atoms with Crippen LogP contribution in [0.15, 0.2) is 18.5 Å². The smallest absolute Gasteiger partial charge is 0.226 e. The number of alkyl halides is 1. The van der Waals surface area contributed by atoms with Gasteiger partial charge in [0.15, 0.2) is 0 Å². The van der Waals surface area contributed by atoms with Crippen LogP contribution in [0.1, 0.15) is 51.4 Å². The molecular formula is C20H27ClN4O. The molecule has 1 amide bonds. The molecule has 1 aliphatic heterocycles. The number of nitrogens with zero attached hydrogens (tertiary/aromatic N) is 3. The van der Waals surface area contributed by atoms with Crippen molar-refractivity contribution in [3.05, 3.63) is 18.5 Å². The first-order valence-corrected chi connectivity index (χ1v) is 10.4. The van der Waals surface area contributed by atoms with E-state index in [2.05, 4.69) is 20.2 Å². The van der Waals surface area contributed by atoms with Gasteiger partial charge in [-0.1, -0.05) is 0 Å². The second-order valence-electron chi connectivity index (χ2n) is 9.18. The van der Waals surface area contributed by atoms with Crippen LogP contribution in [-0.2, 0) is 4.79 Å². The van der Waals surface area contributed by atoms with Gasteiger partial charge in [0.1, 0.15) is 0 Å². The zero-order chi connectivity index (χ0) is 17.8. The zero-order valence-electron chi connectivity index (χ0n) is 15.2. The minimum Gasteiger partial charge on any atom is -0.353 e. The molecule has 5 aliphatic rings. The van der Waals surface area contributed by atoms with Crippen molar-refractivity contribution >= 4 is 23.5 Å². The lowest BCUT2D eigenvalue weighted by molar-refractivity contribution is -0.145. The van der Waals surface area contributed by atoms with Crippen molar-refractivity contribution < 1.29 is 4.79 Å². The van der Waals surface area contributed by atoms with Gasteiger partial charge in [0, 0.05) is 36.4 Å². The lowest BCUT2D eigenvalue weighted by Gasteiger charge is -2.59. The van der Waals surface area contributed by atoms with E-state index in [1.807, 2.05) is 6.07 Å². The van der Waals surface area contributed by atoms with Gasteiger partial charge in [-0.25, -0.2) is 9.97 Å². The maximum Gasteiger partial charge on any atom is 0.226 e. The summed E-state index contributed by atoms with van der Waals surface area (Å²) in [7, 11) is 0. The van der Waals surface area contributed by atoms with Crippen molar-refractivity contribution in [1.29, 1.82) is 0 Å². The Morgan fingerprint density at radius 2 is 1.77 bits per heavy atom. The first kappa shape index (κ1) is 16.8. The number of piperidine rings is 1. The molecule has 1 saturated heterocycles. The van der Waals surface area contributed by atoms with Crippen LogP contribution in [-0.4, -0.2) is 39.9 Å². The van der Waals surface area contributed by atoms with Crippen molar-refractivity contribution in [2.24, 2.45) is 17.3 Å². The molecule has 0 radical (unpaired) electrons. The molecule has 26 heavy (non-hydrogen) atoms. The van der Waals surface area contributed by atoms with Crippen molar-refractivity contribution in [1.82, 2.24) is 15.3 Å². The van der Waals surface area contributed by atoms with E-state index in [9.17, 15) is 4.79 Å². The Bertz CT molecular complexity index is 674. The van der Waals surface area contributed by atoms with E-state index >= 15 is 0 Å². The van der Waals surface area contributed by atoms with Gasteiger partial charge in [-0.05, 0) is 69.3 Å². The zero-order valence-corrected chi connectivity index (χ0v) is 15.9. The van der Waals surface area contributed by atoms with Crippen LogP contribution < -0.4 is 10.2 Å². The Balaban J connectivity index is 1.22. The van der Waals surface area contributed by atoms with Gasteiger partial charge in [-0.3, -0.25) is 4.79 Å². The number of anilines is 1. The topological polar surface area (TPSA) is 58.1 Å². The van der Waals surface area contributed by atoms with Crippen LogP contribution in [0.3, 0.4) is 0 Å². The van der Waals surface area contributed by atoms with E-state index in [1.165, 1.54) is 6.42 Å². The Labute approximate surface area is 159 Å². The molecule has 6 heteroatoms. The number of nitrogens with one attached hydrogen (secondary N) is 1. The average Bonchev–Trinajstić information content (AvgIpc) is 2.61. The highest BCUT2D eigenvalue weighted by molar-refractivity contribution is 6.24. The Morgan fingerprint density at radius 1 is 1.12 bits per heavy atom. The lowest BCUT2D eigenvalue weighted by atomic mass is 9.49. The molecule has 1 N–H and O–H groups in total. The fraction of sp³-hybridized carbons (Fsp3) is 0.750. The second-order valence-corrected chi connectivity index (χ2v) is 9.98. The second kappa shape index (κ2) is 6.08. The van der Waals surface area contributed by atoms with Gasteiger partial charge in [0.2, 0.25) is 11.9 Å². The lowest BCUT2D eigenvalue weighted by Crippen LogP contribution is -2.60. The summed E-state index contributed by atoms with van der Waals surface area (Å²) < 4.78 is 0. The molecule has 0 spiro atoms. The number of hydrogen-bond acceptors (Lipinski definition) is 4. The summed E-state index contributed by atoms with van der Waals surface area (Å²) in [5.74, 6) is 2.40. The Morgan fingerprint density at radius 3 is 2.38 bits per heavy atom. The summed E-state index contributed by atoms with van der Waals surface area (Å²) in [6.07, 6.45) is 12.0. The number of hydrogen-bond donors (Lipinski definition) is 1. The molecule has 2 heterocycles. The van der Waals surface area contributed by atoms with Gasteiger partial charge < -0.3 is 10.2 Å². The first-order valence-electron chi connectivity index (χ1n) is 10.1. The number of carbonyl (C=O) groups excluding carboxylic acids is 1. The van der Waals surface area contributed by atoms with Crippen LogP contribution in [0.2, 0.25) is 0 Å². The normalized spacial score (nSPS) is 39.2. The van der Waals surface area contributed by atoms with E-state index in [4.69, 9.17) is 11.6 Å². The summed E-state index contributed by atoms with van der Waals surface area (Å²) in [4.78, 5) is 24.0. The average molecular weight is 375 g/mol. The Hall–Kier alpha value is -1.36. The van der Waals surface area contributed by atoms with E-state index in [0.717, 1.165) is 64.0 Å². The fourth-order valence-corrected chi connectivity index (χ4v) is 7.13. The molecule has 2 unspecified atom stereocenters. The summed E-state index contributed by atoms with van der Waals surface area (Å²) in [6.45, 7) is 1.79. The number of halogens is 1. The predicted molar refractivity (Wildman–Crippen MR) is 101 cm³/mol. The van der Waals surface area contributed by atoms with Crippen LogP contribution >= 0.6 is 11.6 Å². The summed E-state index contributed by atoms with van der Waals surface area (Å²) >= 11 is 6.89. The van der Waals surface area contributed by atoms with Crippen LogP contribution in [0, 0.1) is 17.3 Å². The number of amides is 1. The molecule has 2 atom stereocenters. The summed E-state index contributed by atoms with van der Waals surface area (Å²) in [5.41, 5.74) is -0.189. The molecule has 1 aromatic rings. The minimum atomic E-state index is -0.189. The largest absolute Gasteiger partial charge is 0.353 e. The number of rotatable bonds is 3. The monoisotopic (exact) mass is 374 g/mol. The maximum absolute atomic E-state index is 13.3. The molecule has 4 bridgehead atoms.